The Balaban J connectivity index is 2.35. The molecule has 7 nitrogen and oxygen atoms in total. The number of nitriles is 1. The minimum absolute atomic E-state index is 0.0223. The molecule has 0 bridgehead atoms. The molecule has 0 aromatic carbocycles. The van der Waals surface area contributed by atoms with Crippen LogP contribution in [0.25, 0.3) is 0 Å². The van der Waals surface area contributed by atoms with Crippen molar-refractivity contribution in [2.24, 2.45) is 0 Å². The van der Waals surface area contributed by atoms with Crippen LogP contribution < -0.4 is 5.32 Å². The van der Waals surface area contributed by atoms with Crippen LogP contribution in [0.4, 0.5) is 11.5 Å². The molecule has 2 aromatic rings. The SMILES string of the molecule is CC(Nc1nccc(C#N)c1[N+](=O)[O-])c1cccnc1. The monoisotopic (exact) mass is 269 g/mol. The van der Waals surface area contributed by atoms with Crippen molar-refractivity contribution in [3.63, 3.8) is 0 Å². The first-order valence-electron chi connectivity index (χ1n) is 5.83. The lowest BCUT2D eigenvalue weighted by atomic mass is 10.1. The molecule has 0 aliphatic heterocycles. The lowest BCUT2D eigenvalue weighted by Crippen LogP contribution is -2.10. The minimum atomic E-state index is -0.607. The molecule has 0 spiro atoms. The van der Waals surface area contributed by atoms with Crippen LogP contribution in [-0.2, 0) is 0 Å². The van der Waals surface area contributed by atoms with E-state index >= 15 is 0 Å². The van der Waals surface area contributed by atoms with E-state index in [0.29, 0.717) is 0 Å². The van der Waals surface area contributed by atoms with E-state index in [0.717, 1.165) is 5.56 Å². The first-order chi connectivity index (χ1) is 9.63. The first-order valence-corrected chi connectivity index (χ1v) is 5.83. The summed E-state index contributed by atoms with van der Waals surface area (Å²) in [7, 11) is 0. The van der Waals surface area contributed by atoms with Crippen molar-refractivity contribution in [2.45, 2.75) is 13.0 Å². The zero-order valence-corrected chi connectivity index (χ0v) is 10.6. The molecule has 0 saturated carbocycles. The highest BCUT2D eigenvalue weighted by atomic mass is 16.6. The smallest absolute Gasteiger partial charge is 0.328 e. The highest BCUT2D eigenvalue weighted by Crippen LogP contribution is 2.28. The van der Waals surface area contributed by atoms with Crippen LogP contribution >= 0.6 is 0 Å². The number of nitrogens with zero attached hydrogens (tertiary/aromatic N) is 4. The molecule has 7 heteroatoms. The second-order valence-electron chi connectivity index (χ2n) is 4.08. The topological polar surface area (TPSA) is 105 Å². The Labute approximate surface area is 115 Å². The Kier molecular flexibility index (Phi) is 3.86. The molecule has 0 radical (unpaired) electrons. The molecule has 0 aliphatic rings. The molecule has 1 atom stereocenters. The predicted molar refractivity (Wildman–Crippen MR) is 71.9 cm³/mol. The standard InChI is InChI=1S/C13H11N5O2/c1-9(11-3-2-5-15-8-11)17-13-12(18(19)20)10(7-14)4-6-16-13/h2-6,8-9H,1H3,(H,16,17). The van der Waals surface area contributed by atoms with Gasteiger partial charge in [0.05, 0.1) is 11.0 Å². The third-order valence-corrected chi connectivity index (χ3v) is 2.76. The van der Waals surface area contributed by atoms with Gasteiger partial charge in [-0.15, -0.1) is 0 Å². The number of hydrogen-bond donors (Lipinski definition) is 1. The third kappa shape index (κ3) is 2.70. The van der Waals surface area contributed by atoms with E-state index in [9.17, 15) is 10.1 Å². The molecule has 2 heterocycles. The summed E-state index contributed by atoms with van der Waals surface area (Å²) >= 11 is 0. The summed E-state index contributed by atoms with van der Waals surface area (Å²) < 4.78 is 0. The molecule has 1 unspecified atom stereocenters. The lowest BCUT2D eigenvalue weighted by molar-refractivity contribution is -0.384. The van der Waals surface area contributed by atoms with Gasteiger partial charge in [0.25, 0.3) is 0 Å². The van der Waals surface area contributed by atoms with Crippen LogP contribution in [0.5, 0.6) is 0 Å². The van der Waals surface area contributed by atoms with Crippen molar-refractivity contribution in [1.29, 1.82) is 5.26 Å². The predicted octanol–water partition coefficient (Wildman–Crippen LogP) is 2.43. The highest BCUT2D eigenvalue weighted by Gasteiger charge is 2.22. The average Bonchev–Trinajstić information content (AvgIpc) is 2.47. The number of aromatic nitrogens is 2. The molecule has 0 saturated heterocycles. The van der Waals surface area contributed by atoms with Crippen molar-refractivity contribution in [3.8, 4) is 6.07 Å². The zero-order valence-electron chi connectivity index (χ0n) is 10.6. The Morgan fingerprint density at radius 1 is 1.45 bits per heavy atom. The Bertz CT molecular complexity index is 666. The number of pyridine rings is 2. The molecule has 2 rings (SSSR count). The Hall–Kier alpha value is -3.01. The van der Waals surface area contributed by atoms with Crippen LogP contribution in [-0.4, -0.2) is 14.9 Å². The van der Waals surface area contributed by atoms with Gasteiger partial charge in [-0.2, -0.15) is 5.26 Å². The van der Waals surface area contributed by atoms with Crippen LogP contribution in [0.2, 0.25) is 0 Å². The number of rotatable bonds is 4. The summed E-state index contributed by atoms with van der Waals surface area (Å²) in [5, 5.41) is 22.9. The van der Waals surface area contributed by atoms with Crippen molar-refractivity contribution in [2.75, 3.05) is 5.32 Å². The highest BCUT2D eigenvalue weighted by molar-refractivity contribution is 5.64. The average molecular weight is 269 g/mol. The van der Waals surface area contributed by atoms with Gasteiger partial charge in [0.2, 0.25) is 5.82 Å². The van der Waals surface area contributed by atoms with Gasteiger partial charge in [-0.3, -0.25) is 15.1 Å². The molecule has 0 aliphatic carbocycles. The van der Waals surface area contributed by atoms with E-state index in [1.165, 1.54) is 12.3 Å². The largest absolute Gasteiger partial charge is 0.358 e. The van der Waals surface area contributed by atoms with Gasteiger partial charge in [0.15, 0.2) is 0 Å². The Morgan fingerprint density at radius 3 is 2.85 bits per heavy atom. The minimum Gasteiger partial charge on any atom is -0.358 e. The molecule has 2 aromatic heterocycles. The van der Waals surface area contributed by atoms with Gasteiger partial charge >= 0.3 is 5.69 Å². The maximum atomic E-state index is 11.1. The third-order valence-electron chi connectivity index (χ3n) is 2.76. The molecule has 100 valence electrons. The molecule has 0 amide bonds. The fraction of sp³-hybridized carbons (Fsp3) is 0.154. The summed E-state index contributed by atoms with van der Waals surface area (Å²) in [6.45, 7) is 1.83. The van der Waals surface area contributed by atoms with Crippen molar-refractivity contribution in [3.05, 3.63) is 58.0 Å². The summed E-state index contributed by atoms with van der Waals surface area (Å²) in [6, 6.07) is 6.53. The number of nitrogens with one attached hydrogen (secondary N) is 1. The fourth-order valence-electron chi connectivity index (χ4n) is 1.76. The second-order valence-corrected chi connectivity index (χ2v) is 4.08. The van der Waals surface area contributed by atoms with Gasteiger partial charge in [-0.05, 0) is 24.6 Å². The van der Waals surface area contributed by atoms with E-state index in [2.05, 4.69) is 15.3 Å². The van der Waals surface area contributed by atoms with Crippen molar-refractivity contribution < 1.29 is 4.92 Å². The lowest BCUT2D eigenvalue weighted by Gasteiger charge is -2.14. The molecule has 1 N–H and O–H groups in total. The quantitative estimate of drug-likeness (QED) is 0.675. The van der Waals surface area contributed by atoms with Gasteiger partial charge in [-0.25, -0.2) is 4.98 Å². The maximum absolute atomic E-state index is 11.1. The molecule has 0 fully saturated rings. The number of anilines is 1. The molecular weight excluding hydrogens is 258 g/mol. The number of hydrogen-bond acceptors (Lipinski definition) is 6. The van der Waals surface area contributed by atoms with Crippen LogP contribution in [0.15, 0.2) is 36.8 Å². The van der Waals surface area contributed by atoms with Gasteiger partial charge in [0, 0.05) is 18.6 Å². The van der Waals surface area contributed by atoms with Crippen LogP contribution in [0, 0.1) is 21.4 Å². The van der Waals surface area contributed by atoms with Gasteiger partial charge in [-0.1, -0.05) is 6.07 Å². The second kappa shape index (κ2) is 5.75. The van der Waals surface area contributed by atoms with E-state index in [1.54, 1.807) is 24.5 Å². The maximum Gasteiger partial charge on any atom is 0.328 e. The van der Waals surface area contributed by atoms with Gasteiger partial charge in [0.1, 0.15) is 11.6 Å². The fourth-order valence-corrected chi connectivity index (χ4v) is 1.76. The summed E-state index contributed by atoms with van der Waals surface area (Å²) in [5.74, 6) is 0.0744. The Morgan fingerprint density at radius 2 is 2.25 bits per heavy atom. The van der Waals surface area contributed by atoms with E-state index < -0.39 is 4.92 Å². The zero-order chi connectivity index (χ0) is 14.5. The van der Waals surface area contributed by atoms with Crippen LogP contribution in [0.3, 0.4) is 0 Å². The first kappa shape index (κ1) is 13.4. The van der Waals surface area contributed by atoms with E-state index in [1.807, 2.05) is 13.0 Å². The molecular formula is C13H11N5O2. The van der Waals surface area contributed by atoms with E-state index in [4.69, 9.17) is 5.26 Å². The van der Waals surface area contributed by atoms with Crippen molar-refractivity contribution >= 4 is 11.5 Å². The normalized spacial score (nSPS) is 11.4. The summed E-state index contributed by atoms with van der Waals surface area (Å²) in [5.41, 5.74) is 0.530. The van der Waals surface area contributed by atoms with Crippen molar-refractivity contribution in [1.82, 2.24) is 9.97 Å². The number of nitro groups is 1. The van der Waals surface area contributed by atoms with E-state index in [-0.39, 0.29) is 23.1 Å². The van der Waals surface area contributed by atoms with Crippen LogP contribution in [0.1, 0.15) is 24.1 Å². The summed E-state index contributed by atoms with van der Waals surface area (Å²) in [4.78, 5) is 18.4. The molecule has 20 heavy (non-hydrogen) atoms. The van der Waals surface area contributed by atoms with Gasteiger partial charge < -0.3 is 5.32 Å². The summed E-state index contributed by atoms with van der Waals surface area (Å²) in [6.07, 6.45) is 4.68.